The summed E-state index contributed by atoms with van der Waals surface area (Å²) in [5, 5.41) is 10.6. The van der Waals surface area contributed by atoms with Crippen molar-refractivity contribution in [2.75, 3.05) is 31.1 Å². The van der Waals surface area contributed by atoms with Crippen molar-refractivity contribution in [1.82, 2.24) is 9.80 Å². The molecule has 0 saturated carbocycles. The summed E-state index contributed by atoms with van der Waals surface area (Å²) in [5.41, 5.74) is 2.80. The van der Waals surface area contributed by atoms with Crippen molar-refractivity contribution in [3.8, 4) is 0 Å². The Morgan fingerprint density at radius 1 is 1.17 bits per heavy atom. The van der Waals surface area contributed by atoms with Crippen LogP contribution in [0.2, 0.25) is 0 Å². The number of hydrogen-bond donors (Lipinski definition) is 1. The molecule has 6 atom stereocenters. The first-order valence-electron chi connectivity index (χ1n) is 15.4. The summed E-state index contributed by atoms with van der Waals surface area (Å²) in [5.74, 6) is -1.32. The Morgan fingerprint density at radius 2 is 1.86 bits per heavy atom. The third-order valence-electron chi connectivity index (χ3n) is 9.45. The molecule has 2 unspecified atom stereocenters. The molecule has 4 rings (SSSR count). The molecule has 1 spiro atoms. The van der Waals surface area contributed by atoms with Gasteiger partial charge in [0, 0.05) is 30.1 Å². The van der Waals surface area contributed by atoms with Crippen LogP contribution in [0.5, 0.6) is 0 Å². The monoisotopic (exact) mass is 595 g/mol. The van der Waals surface area contributed by atoms with Crippen molar-refractivity contribution in [2.24, 2.45) is 17.8 Å². The molecule has 0 aromatic heterocycles. The molecular weight excluding hydrogens is 546 g/mol. The van der Waals surface area contributed by atoms with Crippen molar-refractivity contribution in [3.05, 3.63) is 54.6 Å². The Bertz CT molecular complexity index is 1230. The van der Waals surface area contributed by atoms with E-state index >= 15 is 0 Å². The number of carbonyl (C=O) groups is 3. The molecule has 8 heteroatoms. The smallest absolute Gasteiger partial charge is 0.251 e. The topological polar surface area (TPSA) is 81.2 Å². The molecule has 3 aliphatic heterocycles. The lowest BCUT2D eigenvalue weighted by atomic mass is 9.66. The second-order valence-electron chi connectivity index (χ2n) is 13.0. The van der Waals surface area contributed by atoms with Crippen LogP contribution in [0.15, 0.2) is 43.5 Å². The molecule has 0 radical (unpaired) electrons. The van der Waals surface area contributed by atoms with Gasteiger partial charge in [0.2, 0.25) is 11.8 Å². The van der Waals surface area contributed by atoms with E-state index in [9.17, 15) is 19.5 Å². The fraction of sp³-hybridized carbons (Fsp3) is 0.618. The summed E-state index contributed by atoms with van der Waals surface area (Å²) < 4.78 is -1.21. The quantitative estimate of drug-likeness (QED) is 0.320. The summed E-state index contributed by atoms with van der Waals surface area (Å²) in [6.45, 7) is 21.1. The second kappa shape index (κ2) is 12.6. The minimum absolute atomic E-state index is 0.0263. The summed E-state index contributed by atoms with van der Waals surface area (Å²) >= 11 is 1.68. The summed E-state index contributed by atoms with van der Waals surface area (Å²) in [7, 11) is 0. The van der Waals surface area contributed by atoms with Crippen LogP contribution in [0.4, 0.5) is 5.69 Å². The van der Waals surface area contributed by atoms with Crippen LogP contribution in [-0.4, -0.2) is 80.4 Å². The number of rotatable bonds is 13. The number of amides is 3. The summed E-state index contributed by atoms with van der Waals surface area (Å²) in [6.07, 6.45) is 6.26. The van der Waals surface area contributed by atoms with Gasteiger partial charge in [-0.1, -0.05) is 45.1 Å². The van der Waals surface area contributed by atoms with Crippen LogP contribution in [0, 0.1) is 31.6 Å². The van der Waals surface area contributed by atoms with Gasteiger partial charge in [0.25, 0.3) is 5.91 Å². The predicted octanol–water partition coefficient (Wildman–Crippen LogP) is 5.14. The molecule has 3 heterocycles. The number of thioether (sulfide) groups is 1. The average Bonchev–Trinajstić information content (AvgIpc) is 3.51. The number of carbonyl (C=O) groups excluding carboxylic acids is 3. The molecule has 7 nitrogen and oxygen atoms in total. The largest absolute Gasteiger partial charge is 0.394 e. The van der Waals surface area contributed by atoms with E-state index in [0.717, 1.165) is 29.7 Å². The number of nitrogens with zero attached hydrogens (tertiary/aromatic N) is 3. The van der Waals surface area contributed by atoms with Crippen LogP contribution in [0.25, 0.3) is 0 Å². The number of aliphatic hydroxyl groups is 1. The highest BCUT2D eigenvalue weighted by Crippen LogP contribution is 2.72. The summed E-state index contributed by atoms with van der Waals surface area (Å²) in [4.78, 5) is 49.3. The molecule has 3 saturated heterocycles. The van der Waals surface area contributed by atoms with E-state index in [1.165, 1.54) is 0 Å². The molecule has 1 N–H and O–H groups in total. The molecule has 3 aliphatic rings. The molecule has 42 heavy (non-hydrogen) atoms. The molecule has 3 amide bonds. The number of hydrogen-bond acceptors (Lipinski definition) is 5. The van der Waals surface area contributed by atoms with Gasteiger partial charge in [0.05, 0.1) is 29.2 Å². The van der Waals surface area contributed by atoms with Crippen LogP contribution in [0.3, 0.4) is 0 Å². The van der Waals surface area contributed by atoms with Gasteiger partial charge >= 0.3 is 0 Å². The summed E-state index contributed by atoms with van der Waals surface area (Å²) in [6, 6.07) is 4.73. The molecule has 0 aliphatic carbocycles. The highest BCUT2D eigenvalue weighted by atomic mass is 32.2. The Hall–Kier alpha value is -2.58. The first-order chi connectivity index (χ1) is 19.9. The second-order valence-corrected chi connectivity index (χ2v) is 14.9. The third-order valence-corrected chi connectivity index (χ3v) is 11.4. The Morgan fingerprint density at radius 3 is 2.45 bits per heavy atom. The minimum Gasteiger partial charge on any atom is -0.394 e. The number of likely N-dealkylation sites (tertiary alicyclic amines) is 1. The van der Waals surface area contributed by atoms with E-state index in [-0.39, 0.29) is 30.2 Å². The Balaban J connectivity index is 1.88. The minimum atomic E-state index is -0.797. The van der Waals surface area contributed by atoms with E-state index in [1.54, 1.807) is 33.7 Å². The standard InChI is InChI=1S/C34H49N3O4S/c1-9-16-35(17-10-2)30(39)27-28-31(40)37(25(21-38)19-22(4)5)29(34(28)15-14-33(27,8)42-34)32(41)36(18-11-3)26-20-23(6)12-13-24(26)7/h9,11-13,20,22,25,27-29,38H,1,3,10,14-19,21H2,2,4-8H3/t25-,27+,28+,29?,33-,34?/m1/s1. The fourth-order valence-corrected chi connectivity index (χ4v) is 10.1. The van der Waals surface area contributed by atoms with E-state index in [1.807, 2.05) is 43.9 Å². The van der Waals surface area contributed by atoms with Crippen molar-refractivity contribution in [2.45, 2.75) is 88.8 Å². The lowest BCUT2D eigenvalue weighted by Crippen LogP contribution is -2.58. The molecular formula is C34H49N3O4S. The predicted molar refractivity (Wildman–Crippen MR) is 171 cm³/mol. The number of aliphatic hydroxyl groups excluding tert-OH is 1. The zero-order valence-electron chi connectivity index (χ0n) is 26.3. The van der Waals surface area contributed by atoms with Gasteiger partial charge in [-0.3, -0.25) is 14.4 Å². The van der Waals surface area contributed by atoms with E-state index < -0.39 is 33.4 Å². The maximum absolute atomic E-state index is 15.0. The first kappa shape index (κ1) is 32.3. The van der Waals surface area contributed by atoms with E-state index in [0.29, 0.717) is 32.5 Å². The SMILES string of the molecule is C=CCN(CCC)C(=O)[C@@H]1[C@H]2C(=O)N([C@@H](CO)CC(C)C)C(C(=O)N(CC=C)c3cc(C)ccc3C)C23CC[C@@]1(C)S3. The third kappa shape index (κ3) is 5.34. The number of anilines is 1. The number of fused-ring (bicyclic) bond motifs is 1. The molecule has 2 bridgehead atoms. The van der Waals surface area contributed by atoms with Crippen LogP contribution in [-0.2, 0) is 14.4 Å². The number of aryl methyl sites for hydroxylation is 2. The molecule has 230 valence electrons. The van der Waals surface area contributed by atoms with Gasteiger partial charge in [0.15, 0.2) is 0 Å². The molecule has 1 aromatic rings. The van der Waals surface area contributed by atoms with E-state index in [4.69, 9.17) is 0 Å². The van der Waals surface area contributed by atoms with Crippen LogP contribution >= 0.6 is 11.8 Å². The lowest BCUT2D eigenvalue weighted by Gasteiger charge is -2.40. The van der Waals surface area contributed by atoms with Crippen molar-refractivity contribution < 1.29 is 19.5 Å². The van der Waals surface area contributed by atoms with Gasteiger partial charge in [-0.25, -0.2) is 0 Å². The number of benzene rings is 1. The zero-order chi connectivity index (χ0) is 31.0. The normalized spacial score (nSPS) is 28.6. The van der Waals surface area contributed by atoms with Crippen molar-refractivity contribution in [1.29, 1.82) is 0 Å². The fourth-order valence-electron chi connectivity index (χ4n) is 7.74. The first-order valence-corrected chi connectivity index (χ1v) is 16.2. The lowest BCUT2D eigenvalue weighted by molar-refractivity contribution is -0.146. The van der Waals surface area contributed by atoms with Gasteiger partial charge in [-0.05, 0) is 69.6 Å². The van der Waals surface area contributed by atoms with Gasteiger partial charge in [-0.2, -0.15) is 0 Å². The Kier molecular flexibility index (Phi) is 9.68. The average molecular weight is 596 g/mol. The zero-order valence-corrected chi connectivity index (χ0v) is 27.1. The van der Waals surface area contributed by atoms with Crippen molar-refractivity contribution >= 4 is 35.2 Å². The maximum atomic E-state index is 15.0. The highest BCUT2D eigenvalue weighted by Gasteiger charge is 2.78. The van der Waals surface area contributed by atoms with Gasteiger partial charge in [-0.15, -0.1) is 24.9 Å². The molecule has 3 fully saturated rings. The van der Waals surface area contributed by atoms with Crippen molar-refractivity contribution in [3.63, 3.8) is 0 Å². The Labute approximate surface area is 256 Å². The van der Waals surface area contributed by atoms with Crippen LogP contribution in [0.1, 0.15) is 64.5 Å². The van der Waals surface area contributed by atoms with Gasteiger partial charge < -0.3 is 19.8 Å². The highest BCUT2D eigenvalue weighted by molar-refractivity contribution is 8.02. The maximum Gasteiger partial charge on any atom is 0.251 e. The van der Waals surface area contributed by atoms with Gasteiger partial charge in [0.1, 0.15) is 6.04 Å². The molecule has 1 aromatic carbocycles. The van der Waals surface area contributed by atoms with Crippen LogP contribution < -0.4 is 4.90 Å². The van der Waals surface area contributed by atoms with E-state index in [2.05, 4.69) is 33.9 Å².